The number of rotatable bonds is 5. The minimum Gasteiger partial charge on any atom is -0.485 e. The molecule has 0 bridgehead atoms. The molecule has 0 amide bonds. The van der Waals surface area contributed by atoms with Gasteiger partial charge in [0.2, 0.25) is 0 Å². The molecule has 1 N–H and O–H groups in total. The van der Waals surface area contributed by atoms with Gasteiger partial charge in [0, 0.05) is 16.1 Å². The molecular weight excluding hydrogens is 322 g/mol. The molecule has 0 aliphatic carbocycles. The molecule has 20 heavy (non-hydrogen) atoms. The van der Waals surface area contributed by atoms with Crippen molar-refractivity contribution in [2.45, 2.75) is 39.5 Å². The Morgan fingerprint density at radius 1 is 1.35 bits per heavy atom. The number of aliphatic hydroxyl groups excluding tert-OH is 1. The zero-order valence-corrected chi connectivity index (χ0v) is 13.3. The van der Waals surface area contributed by atoms with Crippen molar-refractivity contribution < 1.29 is 9.84 Å². The summed E-state index contributed by atoms with van der Waals surface area (Å²) < 4.78 is 8.53. The summed E-state index contributed by atoms with van der Waals surface area (Å²) in [7, 11) is 0. The van der Waals surface area contributed by atoms with E-state index in [0.717, 1.165) is 15.9 Å². The lowest BCUT2D eigenvalue weighted by atomic mass is 10.1. The van der Waals surface area contributed by atoms with Gasteiger partial charge >= 0.3 is 0 Å². The highest BCUT2D eigenvalue weighted by atomic mass is 79.9. The quantitative estimate of drug-likeness (QED) is 0.908. The highest BCUT2D eigenvalue weighted by Crippen LogP contribution is 2.29. The molecule has 0 fully saturated rings. The molecule has 0 aliphatic rings. The molecule has 108 valence electrons. The van der Waals surface area contributed by atoms with E-state index in [-0.39, 0.29) is 6.04 Å². The van der Waals surface area contributed by atoms with Gasteiger partial charge in [0.15, 0.2) is 5.82 Å². The summed E-state index contributed by atoms with van der Waals surface area (Å²) in [6, 6.07) is 5.80. The second-order valence-corrected chi connectivity index (χ2v) is 5.78. The van der Waals surface area contributed by atoms with Crippen LogP contribution < -0.4 is 4.74 Å². The SMILES string of the molecule is CC(C)n1ncnc1COc1cc(Br)ccc1[C@@H](C)O. The number of aliphatic hydroxyl groups is 1. The highest BCUT2D eigenvalue weighted by Gasteiger charge is 2.12. The Bertz CT molecular complexity index is 582. The van der Waals surface area contributed by atoms with E-state index in [2.05, 4.69) is 26.0 Å². The summed E-state index contributed by atoms with van der Waals surface area (Å²) in [5.74, 6) is 1.41. The zero-order valence-electron chi connectivity index (χ0n) is 11.7. The Morgan fingerprint density at radius 3 is 2.75 bits per heavy atom. The van der Waals surface area contributed by atoms with Crippen LogP contribution in [0.1, 0.15) is 44.3 Å². The van der Waals surface area contributed by atoms with Crippen LogP contribution in [0.3, 0.4) is 0 Å². The maximum Gasteiger partial charge on any atom is 0.165 e. The van der Waals surface area contributed by atoms with Gasteiger partial charge < -0.3 is 9.84 Å². The first kappa shape index (κ1) is 15.0. The molecule has 1 aromatic heterocycles. The van der Waals surface area contributed by atoms with Crippen molar-refractivity contribution in [2.75, 3.05) is 0 Å². The van der Waals surface area contributed by atoms with Crippen LogP contribution in [-0.4, -0.2) is 19.9 Å². The number of benzene rings is 1. The third kappa shape index (κ3) is 3.37. The Hall–Kier alpha value is -1.40. The van der Waals surface area contributed by atoms with Crippen molar-refractivity contribution in [1.82, 2.24) is 14.8 Å². The molecule has 1 aromatic carbocycles. The number of ether oxygens (including phenoxy) is 1. The van der Waals surface area contributed by atoms with Crippen LogP contribution in [0.4, 0.5) is 0 Å². The van der Waals surface area contributed by atoms with E-state index in [1.165, 1.54) is 6.33 Å². The van der Waals surface area contributed by atoms with E-state index in [4.69, 9.17) is 4.74 Å². The number of hydrogen-bond acceptors (Lipinski definition) is 4. The summed E-state index contributed by atoms with van der Waals surface area (Å²) in [5, 5.41) is 13.9. The molecule has 1 atom stereocenters. The van der Waals surface area contributed by atoms with Crippen LogP contribution in [-0.2, 0) is 6.61 Å². The molecule has 0 radical (unpaired) electrons. The summed E-state index contributed by atoms with van der Waals surface area (Å²) in [6.07, 6.45) is 0.941. The van der Waals surface area contributed by atoms with Crippen LogP contribution in [0.2, 0.25) is 0 Å². The average Bonchev–Trinajstić information content (AvgIpc) is 2.84. The molecular formula is C14H18BrN3O2. The van der Waals surface area contributed by atoms with Crippen LogP contribution in [0.25, 0.3) is 0 Å². The number of nitrogens with zero attached hydrogens (tertiary/aromatic N) is 3. The molecule has 2 rings (SSSR count). The van der Waals surface area contributed by atoms with Gasteiger partial charge in [0.1, 0.15) is 18.7 Å². The molecule has 0 saturated heterocycles. The molecule has 0 unspecified atom stereocenters. The fraction of sp³-hybridized carbons (Fsp3) is 0.429. The van der Waals surface area contributed by atoms with Crippen molar-refractivity contribution in [2.24, 2.45) is 0 Å². The predicted octanol–water partition coefficient (Wildman–Crippen LogP) is 3.25. The maximum absolute atomic E-state index is 9.77. The summed E-state index contributed by atoms with van der Waals surface area (Å²) in [4.78, 5) is 4.20. The molecule has 5 nitrogen and oxygen atoms in total. The van der Waals surface area contributed by atoms with E-state index in [1.54, 1.807) is 6.92 Å². The summed E-state index contributed by atoms with van der Waals surface area (Å²) >= 11 is 3.41. The van der Waals surface area contributed by atoms with Gasteiger partial charge in [0.05, 0.1) is 6.10 Å². The first-order valence-electron chi connectivity index (χ1n) is 6.47. The van der Waals surface area contributed by atoms with Crippen LogP contribution in [0.5, 0.6) is 5.75 Å². The number of halogens is 1. The number of hydrogen-bond donors (Lipinski definition) is 1. The van der Waals surface area contributed by atoms with Gasteiger partial charge in [-0.1, -0.05) is 22.0 Å². The van der Waals surface area contributed by atoms with Crippen molar-refractivity contribution in [3.8, 4) is 5.75 Å². The van der Waals surface area contributed by atoms with Crippen molar-refractivity contribution >= 4 is 15.9 Å². The molecule has 0 spiro atoms. The van der Waals surface area contributed by atoms with E-state index in [0.29, 0.717) is 12.4 Å². The first-order valence-corrected chi connectivity index (χ1v) is 7.27. The minimum atomic E-state index is -0.582. The van der Waals surface area contributed by atoms with Crippen molar-refractivity contribution in [1.29, 1.82) is 0 Å². The van der Waals surface area contributed by atoms with Gasteiger partial charge in [0.25, 0.3) is 0 Å². The van der Waals surface area contributed by atoms with E-state index < -0.39 is 6.10 Å². The van der Waals surface area contributed by atoms with E-state index in [1.807, 2.05) is 36.7 Å². The fourth-order valence-corrected chi connectivity index (χ4v) is 2.27. The maximum atomic E-state index is 9.77. The molecule has 2 aromatic rings. The van der Waals surface area contributed by atoms with E-state index >= 15 is 0 Å². The minimum absolute atomic E-state index is 0.231. The Labute approximate surface area is 126 Å². The van der Waals surface area contributed by atoms with Gasteiger partial charge in [-0.25, -0.2) is 9.67 Å². The van der Waals surface area contributed by atoms with Crippen LogP contribution >= 0.6 is 15.9 Å². The number of aromatic nitrogens is 3. The smallest absolute Gasteiger partial charge is 0.165 e. The molecule has 0 aliphatic heterocycles. The third-order valence-corrected chi connectivity index (χ3v) is 3.41. The summed E-state index contributed by atoms with van der Waals surface area (Å²) in [5.41, 5.74) is 0.754. The van der Waals surface area contributed by atoms with Crippen molar-refractivity contribution in [3.63, 3.8) is 0 Å². The Balaban J connectivity index is 2.18. The van der Waals surface area contributed by atoms with Gasteiger partial charge in [-0.3, -0.25) is 0 Å². The standard InChI is InChI=1S/C14H18BrN3O2/c1-9(2)18-14(16-8-17-18)7-20-13-6-11(15)4-5-12(13)10(3)19/h4-6,8-10,19H,7H2,1-3H3/t10-/m1/s1. The highest BCUT2D eigenvalue weighted by molar-refractivity contribution is 9.10. The van der Waals surface area contributed by atoms with Gasteiger partial charge in [-0.05, 0) is 32.9 Å². The monoisotopic (exact) mass is 339 g/mol. The second-order valence-electron chi connectivity index (χ2n) is 4.86. The van der Waals surface area contributed by atoms with Crippen LogP contribution in [0, 0.1) is 0 Å². The molecule has 6 heteroatoms. The normalized spacial score (nSPS) is 12.7. The van der Waals surface area contributed by atoms with Crippen LogP contribution in [0.15, 0.2) is 29.0 Å². The lowest BCUT2D eigenvalue weighted by molar-refractivity contribution is 0.188. The predicted molar refractivity (Wildman–Crippen MR) is 79.5 cm³/mol. The fourth-order valence-electron chi connectivity index (χ4n) is 1.93. The third-order valence-electron chi connectivity index (χ3n) is 2.92. The molecule has 0 saturated carbocycles. The first-order chi connectivity index (χ1) is 9.49. The largest absolute Gasteiger partial charge is 0.485 e. The molecule has 1 heterocycles. The zero-order chi connectivity index (χ0) is 14.7. The van der Waals surface area contributed by atoms with Gasteiger partial charge in [-0.15, -0.1) is 0 Å². The van der Waals surface area contributed by atoms with E-state index in [9.17, 15) is 5.11 Å². The Morgan fingerprint density at radius 2 is 2.10 bits per heavy atom. The van der Waals surface area contributed by atoms with Gasteiger partial charge in [-0.2, -0.15) is 5.10 Å². The topological polar surface area (TPSA) is 60.2 Å². The van der Waals surface area contributed by atoms with Crippen molar-refractivity contribution in [3.05, 3.63) is 40.4 Å². The summed E-state index contributed by atoms with van der Waals surface area (Å²) in [6.45, 7) is 6.11. The Kier molecular flexibility index (Phi) is 4.77. The lowest BCUT2D eigenvalue weighted by Gasteiger charge is -2.15. The lowest BCUT2D eigenvalue weighted by Crippen LogP contribution is -2.11. The second kappa shape index (κ2) is 6.37. The average molecular weight is 340 g/mol.